The number of hydrogen-bond acceptors (Lipinski definition) is 11. The molecule has 14 heteroatoms. The Balaban J connectivity index is 2.81. The van der Waals surface area contributed by atoms with Crippen LogP contribution in [0, 0.1) is 0 Å². The van der Waals surface area contributed by atoms with Crippen molar-refractivity contribution < 1.29 is 57.0 Å². The summed E-state index contributed by atoms with van der Waals surface area (Å²) in [6, 6.07) is -1.13. The zero-order valence-electron chi connectivity index (χ0n) is 27.2. The average Bonchev–Trinajstić information content (AvgIpc) is 3.01. The van der Waals surface area contributed by atoms with Gasteiger partial charge in [-0.1, -0.05) is 88.8 Å². The van der Waals surface area contributed by atoms with Crippen molar-refractivity contribution in [1.29, 1.82) is 0 Å². The van der Waals surface area contributed by atoms with E-state index in [4.69, 9.17) is 14.0 Å². The molecule has 0 radical (unpaired) electrons. The molecule has 0 aromatic rings. The molecule has 1 rings (SSSR count). The summed E-state index contributed by atoms with van der Waals surface area (Å²) in [5.41, 5.74) is 0. The molecule has 46 heavy (non-hydrogen) atoms. The Bertz CT molecular complexity index is 1010. The molecule has 0 bridgehead atoms. The van der Waals surface area contributed by atoms with Crippen LogP contribution in [0.3, 0.4) is 0 Å². The van der Waals surface area contributed by atoms with Gasteiger partial charge in [-0.3, -0.25) is 9.35 Å². The highest BCUT2D eigenvalue weighted by Crippen LogP contribution is 2.26. The van der Waals surface area contributed by atoms with Crippen molar-refractivity contribution in [2.24, 2.45) is 0 Å². The zero-order chi connectivity index (χ0) is 34.4. The Morgan fingerprint density at radius 1 is 0.870 bits per heavy atom. The number of ether oxygens (including phenoxy) is 2. The third-order valence-electron chi connectivity index (χ3n) is 7.48. The van der Waals surface area contributed by atoms with Gasteiger partial charge in [-0.25, -0.2) is 4.18 Å². The van der Waals surface area contributed by atoms with Crippen LogP contribution in [0.2, 0.25) is 0 Å². The lowest BCUT2D eigenvalue weighted by atomic mass is 9.99. The first-order chi connectivity index (χ1) is 21.9. The van der Waals surface area contributed by atoms with Crippen LogP contribution >= 0.6 is 0 Å². The first-order valence-electron chi connectivity index (χ1n) is 16.5. The quantitative estimate of drug-likeness (QED) is 0.0422. The van der Waals surface area contributed by atoms with E-state index in [1.165, 1.54) is 18.9 Å². The van der Waals surface area contributed by atoms with Crippen LogP contribution in [0.15, 0.2) is 36.5 Å². The van der Waals surface area contributed by atoms with E-state index in [9.17, 15) is 38.7 Å². The van der Waals surface area contributed by atoms with E-state index in [1.807, 2.05) is 6.08 Å². The molecular weight excluding hydrogens is 622 g/mol. The normalized spacial score (nSPS) is 24.6. The van der Waals surface area contributed by atoms with Gasteiger partial charge in [0.1, 0.15) is 30.5 Å². The van der Waals surface area contributed by atoms with Gasteiger partial charge in [-0.2, -0.15) is 8.42 Å². The van der Waals surface area contributed by atoms with E-state index in [0.717, 1.165) is 51.4 Å². The number of allylic oxidation sites excluding steroid dienone is 5. The van der Waals surface area contributed by atoms with Crippen LogP contribution in [-0.4, -0.2) is 107 Å². The van der Waals surface area contributed by atoms with E-state index in [1.54, 1.807) is 6.08 Å². The van der Waals surface area contributed by atoms with Crippen LogP contribution in [0.5, 0.6) is 0 Å². The number of carbonyl (C=O) groups is 1. The molecule has 0 saturated carbocycles. The highest BCUT2D eigenvalue weighted by molar-refractivity contribution is 7.80. The van der Waals surface area contributed by atoms with Gasteiger partial charge in [0.2, 0.25) is 5.91 Å². The summed E-state index contributed by atoms with van der Waals surface area (Å²) in [6.07, 6.45) is 11.7. The predicted molar refractivity (Wildman–Crippen MR) is 173 cm³/mol. The first-order valence-corrected chi connectivity index (χ1v) is 17.8. The molecule has 268 valence electrons. The zero-order valence-corrected chi connectivity index (χ0v) is 28.0. The molecule has 13 nitrogen and oxygen atoms in total. The van der Waals surface area contributed by atoms with Gasteiger partial charge < -0.3 is 40.3 Å². The van der Waals surface area contributed by atoms with Crippen LogP contribution in [0.4, 0.5) is 0 Å². The Morgan fingerprint density at radius 3 is 2.15 bits per heavy atom. The molecule has 0 aromatic heterocycles. The molecule has 0 aromatic carbocycles. The van der Waals surface area contributed by atoms with Gasteiger partial charge in [-0.05, 0) is 44.9 Å². The number of unbranched alkanes of at least 4 members (excludes halogenated alkanes) is 8. The second-order valence-corrected chi connectivity index (χ2v) is 12.6. The lowest BCUT2D eigenvalue weighted by Gasteiger charge is -2.41. The van der Waals surface area contributed by atoms with Gasteiger partial charge >= 0.3 is 10.4 Å². The molecule has 0 aliphatic carbocycles. The molecule has 1 saturated heterocycles. The molecule has 1 aliphatic heterocycles. The van der Waals surface area contributed by atoms with Gasteiger partial charge in [0, 0.05) is 0 Å². The van der Waals surface area contributed by atoms with Crippen LogP contribution in [-0.2, 0) is 28.9 Å². The van der Waals surface area contributed by atoms with Gasteiger partial charge in [-0.15, -0.1) is 0 Å². The van der Waals surface area contributed by atoms with E-state index in [2.05, 4.69) is 41.6 Å². The van der Waals surface area contributed by atoms with E-state index >= 15 is 0 Å². The molecule has 8 atom stereocenters. The van der Waals surface area contributed by atoms with Crippen molar-refractivity contribution in [3.05, 3.63) is 36.5 Å². The minimum Gasteiger partial charge on any atom is -0.394 e. The number of hydrogen-bond donors (Lipinski definition) is 7. The van der Waals surface area contributed by atoms with Crippen molar-refractivity contribution in [2.75, 3.05) is 13.2 Å². The van der Waals surface area contributed by atoms with Crippen molar-refractivity contribution >= 4 is 16.3 Å². The number of nitrogens with one attached hydrogen (secondary N) is 1. The first kappa shape index (κ1) is 42.3. The van der Waals surface area contributed by atoms with Crippen molar-refractivity contribution in [3.63, 3.8) is 0 Å². The van der Waals surface area contributed by atoms with E-state index in [-0.39, 0.29) is 6.42 Å². The molecule has 0 spiro atoms. The third kappa shape index (κ3) is 18.0. The van der Waals surface area contributed by atoms with Crippen molar-refractivity contribution in [3.8, 4) is 0 Å². The largest absolute Gasteiger partial charge is 0.397 e. The highest BCUT2D eigenvalue weighted by atomic mass is 32.3. The van der Waals surface area contributed by atoms with Gasteiger partial charge in [0.25, 0.3) is 0 Å². The summed E-state index contributed by atoms with van der Waals surface area (Å²) in [5, 5.41) is 54.3. The van der Waals surface area contributed by atoms with Crippen LogP contribution in [0.1, 0.15) is 97.3 Å². The molecule has 8 unspecified atom stereocenters. The summed E-state index contributed by atoms with van der Waals surface area (Å²) in [6.45, 7) is 2.94. The fraction of sp³-hybridized carbons (Fsp3) is 0.781. The number of rotatable bonds is 25. The number of carbonyl (C=O) groups excluding carboxylic acids is 1. The maximum atomic E-state index is 12.9. The minimum atomic E-state index is -5.11. The predicted octanol–water partition coefficient (Wildman–Crippen LogP) is 2.62. The molecular formula is C32H57NO12S. The van der Waals surface area contributed by atoms with Crippen LogP contribution in [0.25, 0.3) is 0 Å². The molecule has 1 fully saturated rings. The monoisotopic (exact) mass is 679 g/mol. The second-order valence-electron chi connectivity index (χ2n) is 11.5. The van der Waals surface area contributed by atoms with E-state index < -0.39 is 78.5 Å². The Labute approximate surface area is 274 Å². The Morgan fingerprint density at radius 2 is 1.50 bits per heavy atom. The maximum absolute atomic E-state index is 12.9. The molecule has 7 N–H and O–H groups in total. The van der Waals surface area contributed by atoms with Crippen LogP contribution < -0.4 is 5.32 Å². The molecule has 1 amide bonds. The summed E-state index contributed by atoms with van der Waals surface area (Å²) >= 11 is 0. The van der Waals surface area contributed by atoms with Crippen molar-refractivity contribution in [1.82, 2.24) is 5.32 Å². The second kappa shape index (κ2) is 24.4. The summed E-state index contributed by atoms with van der Waals surface area (Å²) in [4.78, 5) is 12.9. The summed E-state index contributed by atoms with van der Waals surface area (Å²) in [5.74, 6) is -0.733. The molecule has 1 aliphatic rings. The smallest absolute Gasteiger partial charge is 0.394 e. The standard InChI is InChI=1S/C32H57NO12S/c1-3-5-7-9-11-12-13-15-17-19-21-26(36)31(39)33-24(25(35)20-18-16-14-10-8-6-4-2)23-43-32-29(38)30(45-46(40,41)42)28(37)27(22-34)44-32/h8-11,18,20,24-30,32,34-38H,3-7,12-17,19,21-23H2,1-2H3,(H,33,39)(H,40,41,42)/b10-8+,11-9-,20-18+. The summed E-state index contributed by atoms with van der Waals surface area (Å²) in [7, 11) is -5.11. The van der Waals surface area contributed by atoms with Crippen molar-refractivity contribution in [2.45, 2.75) is 146 Å². The fourth-order valence-electron chi connectivity index (χ4n) is 4.75. The maximum Gasteiger partial charge on any atom is 0.397 e. The number of aliphatic hydroxyl groups excluding tert-OH is 5. The minimum absolute atomic E-state index is 0.219. The lowest BCUT2D eigenvalue weighted by Crippen LogP contribution is -2.61. The van der Waals surface area contributed by atoms with Gasteiger partial charge in [0.05, 0.1) is 25.4 Å². The van der Waals surface area contributed by atoms with Gasteiger partial charge in [0.15, 0.2) is 6.29 Å². The fourth-order valence-corrected chi connectivity index (χ4v) is 5.26. The molecule has 1 heterocycles. The average molecular weight is 680 g/mol. The highest BCUT2D eigenvalue weighted by Gasteiger charge is 2.48. The Hall–Kier alpha value is -1.72. The lowest BCUT2D eigenvalue weighted by molar-refractivity contribution is -0.298. The number of aliphatic hydroxyl groups is 5. The SMILES string of the molecule is CCC/C=C/CC/C=C/C(O)C(COC1OC(CO)C(O)C(OS(=O)(=O)O)C1O)NC(=O)C(O)CCCCCC/C=C\CCCC. The topological polar surface area (TPSA) is 212 Å². The summed E-state index contributed by atoms with van der Waals surface area (Å²) < 4.78 is 46.9. The van der Waals surface area contributed by atoms with E-state index in [0.29, 0.717) is 12.8 Å². The Kier molecular flexibility index (Phi) is 22.5. The number of amides is 1. The third-order valence-corrected chi connectivity index (χ3v) is 7.95.